The summed E-state index contributed by atoms with van der Waals surface area (Å²) < 4.78 is 41.1. The molecule has 0 bridgehead atoms. The Morgan fingerprint density at radius 2 is 1.83 bits per heavy atom. The number of fused-ring (bicyclic) bond motifs is 1. The number of sulfone groups is 1. The van der Waals surface area contributed by atoms with Crippen molar-refractivity contribution in [2.45, 2.75) is 64.3 Å². The van der Waals surface area contributed by atoms with E-state index in [9.17, 15) is 17.6 Å². The van der Waals surface area contributed by atoms with E-state index in [0.29, 0.717) is 23.6 Å². The largest absolute Gasteiger partial charge is 0.305 e. The van der Waals surface area contributed by atoms with Crippen LogP contribution in [0.4, 0.5) is 10.2 Å². The minimum Gasteiger partial charge on any atom is -0.305 e. The Hall–Kier alpha value is -3.01. The summed E-state index contributed by atoms with van der Waals surface area (Å²) in [5.41, 5.74) is 3.43. The Morgan fingerprint density at radius 3 is 2.49 bits per heavy atom. The first-order valence-electron chi connectivity index (χ1n) is 12.0. The highest BCUT2D eigenvalue weighted by Gasteiger charge is 2.34. The van der Waals surface area contributed by atoms with E-state index in [-0.39, 0.29) is 34.7 Å². The van der Waals surface area contributed by atoms with Gasteiger partial charge in [-0.1, -0.05) is 20.8 Å². The molecule has 3 heterocycles. The quantitative estimate of drug-likeness (QED) is 0.585. The molecule has 0 radical (unpaired) electrons. The van der Waals surface area contributed by atoms with E-state index in [4.69, 9.17) is 5.10 Å². The van der Waals surface area contributed by atoms with Crippen LogP contribution < -0.4 is 5.32 Å². The molecular formula is C25H30FN5O3S. The maximum absolute atomic E-state index is 13.5. The third-order valence-electron chi connectivity index (χ3n) is 6.77. The second-order valence-corrected chi connectivity index (χ2v) is 12.7. The molecule has 3 aromatic rings. The van der Waals surface area contributed by atoms with Gasteiger partial charge in [-0.3, -0.25) is 4.79 Å². The maximum atomic E-state index is 13.5. The zero-order valence-corrected chi connectivity index (χ0v) is 21.0. The predicted molar refractivity (Wildman–Crippen MR) is 131 cm³/mol. The zero-order valence-electron chi connectivity index (χ0n) is 20.2. The number of carbonyl (C=O) groups excluding carboxylic acids is 1. The number of carbonyl (C=O) groups is 1. The summed E-state index contributed by atoms with van der Waals surface area (Å²) in [7, 11) is -3.13. The van der Waals surface area contributed by atoms with Gasteiger partial charge in [-0.15, -0.1) is 0 Å². The molecule has 8 nitrogen and oxygen atoms in total. The molecule has 1 amide bonds. The number of anilines is 1. The van der Waals surface area contributed by atoms with Crippen LogP contribution in [0.3, 0.4) is 0 Å². The lowest BCUT2D eigenvalue weighted by atomic mass is 9.92. The lowest BCUT2D eigenvalue weighted by molar-refractivity contribution is 0.101. The number of hydrogen-bond donors (Lipinski definition) is 1. The standard InChI is InChI=1S/C25H30FN5O3S/c1-25(2,3)21-14-22(31(28-21)18-12-13-35(33,34)15-18)27-24(32)23-19-6-4-5-7-20(19)30(29-23)17-10-8-16(26)9-11-17/h8-11,14,18H,4-7,12-13,15H2,1-3H3,(H,27,32)/t18-/m1/s1. The Kier molecular flexibility index (Phi) is 5.82. The molecule has 1 N–H and O–H groups in total. The van der Waals surface area contributed by atoms with E-state index in [1.807, 2.05) is 26.8 Å². The van der Waals surface area contributed by atoms with Gasteiger partial charge in [0.15, 0.2) is 15.5 Å². The van der Waals surface area contributed by atoms with Crippen molar-refractivity contribution in [3.05, 3.63) is 58.8 Å². The zero-order chi connectivity index (χ0) is 25.0. The summed E-state index contributed by atoms with van der Waals surface area (Å²) in [6, 6.07) is 7.58. The average Bonchev–Trinajstić information content (AvgIpc) is 3.49. The Bertz CT molecular complexity index is 1380. The molecule has 10 heteroatoms. The predicted octanol–water partition coefficient (Wildman–Crippen LogP) is 4.00. The van der Waals surface area contributed by atoms with Gasteiger partial charge in [0, 0.05) is 22.7 Å². The molecule has 1 aromatic carbocycles. The lowest BCUT2D eigenvalue weighted by Gasteiger charge is -2.16. The fourth-order valence-electron chi connectivity index (χ4n) is 4.85. The van der Waals surface area contributed by atoms with Gasteiger partial charge < -0.3 is 5.32 Å². The van der Waals surface area contributed by atoms with Crippen LogP contribution in [0.25, 0.3) is 5.69 Å². The molecule has 1 fully saturated rings. The minimum atomic E-state index is -3.13. The minimum absolute atomic E-state index is 0.00965. The third-order valence-corrected chi connectivity index (χ3v) is 8.52. The van der Waals surface area contributed by atoms with Crippen LogP contribution in [0.5, 0.6) is 0 Å². The van der Waals surface area contributed by atoms with E-state index < -0.39 is 9.84 Å². The topological polar surface area (TPSA) is 98.9 Å². The molecule has 186 valence electrons. The molecule has 1 aliphatic heterocycles. The van der Waals surface area contributed by atoms with Crippen molar-refractivity contribution in [3.63, 3.8) is 0 Å². The second kappa shape index (κ2) is 8.58. The van der Waals surface area contributed by atoms with E-state index in [1.165, 1.54) is 12.1 Å². The van der Waals surface area contributed by atoms with Crippen molar-refractivity contribution < 1.29 is 17.6 Å². The van der Waals surface area contributed by atoms with Crippen LogP contribution >= 0.6 is 0 Å². The highest BCUT2D eigenvalue weighted by atomic mass is 32.2. The number of halogens is 1. The van der Waals surface area contributed by atoms with Gasteiger partial charge in [-0.25, -0.2) is 22.2 Å². The van der Waals surface area contributed by atoms with Gasteiger partial charge in [0.25, 0.3) is 5.91 Å². The van der Waals surface area contributed by atoms with Crippen molar-refractivity contribution in [2.75, 3.05) is 16.8 Å². The summed E-state index contributed by atoms with van der Waals surface area (Å²) in [6.07, 6.45) is 3.96. The van der Waals surface area contributed by atoms with E-state index in [1.54, 1.807) is 21.5 Å². The average molecular weight is 500 g/mol. The first-order valence-corrected chi connectivity index (χ1v) is 13.8. The third kappa shape index (κ3) is 4.63. The van der Waals surface area contributed by atoms with Crippen LogP contribution in [-0.4, -0.2) is 45.4 Å². The van der Waals surface area contributed by atoms with Crippen LogP contribution in [-0.2, 0) is 28.1 Å². The van der Waals surface area contributed by atoms with Crippen LogP contribution in [0.15, 0.2) is 30.3 Å². The summed E-state index contributed by atoms with van der Waals surface area (Å²) >= 11 is 0. The number of hydrogen-bond acceptors (Lipinski definition) is 5. The first-order chi connectivity index (χ1) is 16.5. The van der Waals surface area contributed by atoms with Crippen molar-refractivity contribution >= 4 is 21.6 Å². The summed E-state index contributed by atoms with van der Waals surface area (Å²) in [6.45, 7) is 6.08. The van der Waals surface area contributed by atoms with Gasteiger partial charge in [0.05, 0.1) is 28.9 Å². The lowest BCUT2D eigenvalue weighted by Crippen LogP contribution is -2.21. The highest BCUT2D eigenvalue weighted by molar-refractivity contribution is 7.91. The molecule has 0 unspecified atom stereocenters. The van der Waals surface area contributed by atoms with Gasteiger partial charge in [0.2, 0.25) is 0 Å². The molecule has 2 aliphatic rings. The molecular weight excluding hydrogens is 469 g/mol. The number of aromatic nitrogens is 4. The van der Waals surface area contributed by atoms with Gasteiger partial charge in [-0.2, -0.15) is 10.2 Å². The molecule has 35 heavy (non-hydrogen) atoms. The van der Waals surface area contributed by atoms with Crippen molar-refractivity contribution in [2.24, 2.45) is 0 Å². The molecule has 0 saturated carbocycles. The van der Waals surface area contributed by atoms with Gasteiger partial charge in [-0.05, 0) is 56.4 Å². The van der Waals surface area contributed by atoms with Crippen LogP contribution in [0.2, 0.25) is 0 Å². The second-order valence-electron chi connectivity index (χ2n) is 10.5. The molecule has 1 saturated heterocycles. The summed E-state index contributed by atoms with van der Waals surface area (Å²) in [5.74, 6) is -0.0832. The van der Waals surface area contributed by atoms with E-state index >= 15 is 0 Å². The number of benzene rings is 1. The molecule has 0 spiro atoms. The fraction of sp³-hybridized carbons (Fsp3) is 0.480. The summed E-state index contributed by atoms with van der Waals surface area (Å²) in [4.78, 5) is 13.5. The highest BCUT2D eigenvalue weighted by Crippen LogP contribution is 2.32. The van der Waals surface area contributed by atoms with Crippen molar-refractivity contribution in [1.82, 2.24) is 19.6 Å². The van der Waals surface area contributed by atoms with Gasteiger partial charge >= 0.3 is 0 Å². The number of nitrogens with zero attached hydrogens (tertiary/aromatic N) is 4. The molecule has 5 rings (SSSR count). The number of nitrogens with one attached hydrogen (secondary N) is 1. The maximum Gasteiger partial charge on any atom is 0.277 e. The smallest absolute Gasteiger partial charge is 0.277 e. The molecule has 1 aliphatic carbocycles. The van der Waals surface area contributed by atoms with E-state index in [0.717, 1.165) is 42.6 Å². The SMILES string of the molecule is CC(C)(C)c1cc(NC(=O)c2nn(-c3ccc(F)cc3)c3c2CCCC3)n([C@@H]2CCS(=O)(=O)C2)n1. The summed E-state index contributed by atoms with van der Waals surface area (Å²) in [5, 5.41) is 12.3. The van der Waals surface area contributed by atoms with Gasteiger partial charge in [0.1, 0.15) is 11.6 Å². The Labute approximate surface area is 204 Å². The van der Waals surface area contributed by atoms with Crippen LogP contribution in [0.1, 0.15) is 73.5 Å². The van der Waals surface area contributed by atoms with Crippen molar-refractivity contribution in [1.29, 1.82) is 0 Å². The van der Waals surface area contributed by atoms with Crippen LogP contribution in [0, 0.1) is 5.82 Å². The normalized spacial score (nSPS) is 19.5. The Balaban J connectivity index is 1.51. The Morgan fingerprint density at radius 1 is 1.11 bits per heavy atom. The van der Waals surface area contributed by atoms with E-state index in [2.05, 4.69) is 10.4 Å². The fourth-order valence-corrected chi connectivity index (χ4v) is 6.55. The van der Waals surface area contributed by atoms with Crippen molar-refractivity contribution in [3.8, 4) is 5.69 Å². The number of rotatable bonds is 4. The number of amides is 1. The molecule has 2 aromatic heterocycles. The first kappa shape index (κ1) is 23.7. The monoisotopic (exact) mass is 499 g/mol. The molecule has 1 atom stereocenters.